The number of hydrogen-bond donors (Lipinski definition) is 1. The second kappa shape index (κ2) is 4.39. The summed E-state index contributed by atoms with van der Waals surface area (Å²) in [7, 11) is 1.84. The molecule has 0 bridgehead atoms. The van der Waals surface area contributed by atoms with Gasteiger partial charge in [-0.2, -0.15) is 5.10 Å². The highest BCUT2D eigenvalue weighted by Gasteiger charge is 2.15. The van der Waals surface area contributed by atoms with E-state index in [0.29, 0.717) is 16.0 Å². The maximum absolute atomic E-state index is 12.7. The van der Waals surface area contributed by atoms with Gasteiger partial charge in [-0.25, -0.2) is 4.57 Å². The average molecular weight is 306 g/mol. The van der Waals surface area contributed by atoms with Crippen LogP contribution in [0.1, 0.15) is 16.1 Å². The van der Waals surface area contributed by atoms with Crippen LogP contribution < -0.4 is 5.56 Å². The van der Waals surface area contributed by atoms with Crippen molar-refractivity contribution < 1.29 is 0 Å². The number of H-pyrrole nitrogens is 1. The molecule has 20 heavy (non-hydrogen) atoms. The van der Waals surface area contributed by atoms with E-state index in [2.05, 4.69) is 10.1 Å². The molecule has 3 heterocycles. The van der Waals surface area contributed by atoms with Crippen molar-refractivity contribution in [3.05, 3.63) is 37.3 Å². The van der Waals surface area contributed by atoms with Gasteiger partial charge in [0.2, 0.25) is 0 Å². The fourth-order valence-corrected chi connectivity index (χ4v) is 3.58. The third-order valence-electron chi connectivity index (χ3n) is 3.56. The van der Waals surface area contributed by atoms with Gasteiger partial charge >= 0.3 is 0 Å². The predicted molar refractivity (Wildman–Crippen MR) is 83.6 cm³/mol. The molecule has 0 saturated heterocycles. The Morgan fingerprint density at radius 3 is 2.65 bits per heavy atom. The van der Waals surface area contributed by atoms with E-state index in [4.69, 9.17) is 12.2 Å². The Balaban J connectivity index is 2.45. The maximum Gasteiger partial charge on any atom is 0.269 e. The van der Waals surface area contributed by atoms with Gasteiger partial charge in [0.05, 0.1) is 5.39 Å². The molecular weight excluding hydrogens is 292 g/mol. The second-order valence-electron chi connectivity index (χ2n) is 4.83. The van der Waals surface area contributed by atoms with Crippen LogP contribution in [0.5, 0.6) is 0 Å². The van der Waals surface area contributed by atoms with Crippen LogP contribution in [0.2, 0.25) is 0 Å². The first-order valence-corrected chi connectivity index (χ1v) is 7.38. The van der Waals surface area contributed by atoms with Gasteiger partial charge in [-0.15, -0.1) is 11.3 Å². The highest BCUT2D eigenvalue weighted by Crippen LogP contribution is 2.26. The molecule has 0 aliphatic carbocycles. The standard InChI is InChI=1S/C13H14N4OS2/c1-6-5-9(15-16(6)4)17-12(18)10-7(2)8(3)20-11(10)14-13(17)19/h5H,1-4H3,(H,14,19). The van der Waals surface area contributed by atoms with E-state index in [1.165, 1.54) is 4.57 Å². The summed E-state index contributed by atoms with van der Waals surface area (Å²) in [5.74, 6) is 0.557. The summed E-state index contributed by atoms with van der Waals surface area (Å²) in [6.07, 6.45) is 0. The zero-order valence-corrected chi connectivity index (χ0v) is 13.3. The fourth-order valence-electron chi connectivity index (χ4n) is 2.19. The number of nitrogens with zero attached hydrogens (tertiary/aromatic N) is 3. The molecule has 0 aliphatic heterocycles. The van der Waals surface area contributed by atoms with Crippen LogP contribution in [0.3, 0.4) is 0 Å². The molecule has 5 nitrogen and oxygen atoms in total. The van der Waals surface area contributed by atoms with Crippen LogP contribution in [0.15, 0.2) is 10.9 Å². The molecule has 3 rings (SSSR count). The Morgan fingerprint density at radius 1 is 1.35 bits per heavy atom. The molecular formula is C13H14N4OS2. The minimum Gasteiger partial charge on any atom is -0.323 e. The fraction of sp³-hybridized carbons (Fsp3) is 0.308. The van der Waals surface area contributed by atoms with E-state index < -0.39 is 0 Å². The number of fused-ring (bicyclic) bond motifs is 1. The summed E-state index contributed by atoms with van der Waals surface area (Å²) in [5, 5.41) is 5.04. The molecule has 3 aromatic rings. The number of thiophene rings is 1. The maximum atomic E-state index is 12.7. The number of aryl methyl sites for hydroxylation is 4. The summed E-state index contributed by atoms with van der Waals surface area (Å²) in [6, 6.07) is 1.85. The lowest BCUT2D eigenvalue weighted by atomic mass is 10.2. The number of rotatable bonds is 1. The van der Waals surface area contributed by atoms with Crippen LogP contribution in [-0.4, -0.2) is 19.3 Å². The molecule has 0 fully saturated rings. The van der Waals surface area contributed by atoms with Crippen molar-refractivity contribution in [2.75, 3.05) is 0 Å². The van der Waals surface area contributed by atoms with Crippen LogP contribution in [0, 0.1) is 25.5 Å². The third-order valence-corrected chi connectivity index (χ3v) is 4.96. The van der Waals surface area contributed by atoms with Crippen molar-refractivity contribution in [1.29, 1.82) is 0 Å². The zero-order valence-electron chi connectivity index (χ0n) is 11.6. The monoisotopic (exact) mass is 306 g/mol. The molecule has 104 valence electrons. The predicted octanol–water partition coefficient (Wildman–Crippen LogP) is 2.77. The lowest BCUT2D eigenvalue weighted by Crippen LogP contribution is -2.21. The Labute approximate surface area is 124 Å². The average Bonchev–Trinajstić information content (AvgIpc) is 2.81. The van der Waals surface area contributed by atoms with E-state index >= 15 is 0 Å². The SMILES string of the molecule is Cc1sc2[nH]c(=S)n(-c3cc(C)n(C)n3)c(=O)c2c1C. The molecule has 0 aromatic carbocycles. The highest BCUT2D eigenvalue weighted by atomic mass is 32.1. The molecule has 0 amide bonds. The number of hydrogen-bond acceptors (Lipinski definition) is 4. The minimum absolute atomic E-state index is 0.108. The van der Waals surface area contributed by atoms with Gasteiger partial charge < -0.3 is 4.98 Å². The van der Waals surface area contributed by atoms with Crippen molar-refractivity contribution in [2.45, 2.75) is 20.8 Å². The largest absolute Gasteiger partial charge is 0.323 e. The van der Waals surface area contributed by atoms with E-state index in [0.717, 1.165) is 21.0 Å². The van der Waals surface area contributed by atoms with Gasteiger partial charge in [-0.3, -0.25) is 9.48 Å². The normalized spacial score (nSPS) is 11.4. The quantitative estimate of drug-likeness (QED) is 0.703. The number of aromatic nitrogens is 4. The van der Waals surface area contributed by atoms with Crippen molar-refractivity contribution in [2.24, 2.45) is 7.05 Å². The van der Waals surface area contributed by atoms with Crippen LogP contribution in [0.4, 0.5) is 0 Å². The zero-order chi connectivity index (χ0) is 14.6. The van der Waals surface area contributed by atoms with Crippen LogP contribution in [-0.2, 0) is 7.05 Å². The summed E-state index contributed by atoms with van der Waals surface area (Å²) in [6.45, 7) is 5.90. The molecule has 7 heteroatoms. The van der Waals surface area contributed by atoms with Gasteiger partial charge in [-0.1, -0.05) is 0 Å². The van der Waals surface area contributed by atoms with Gasteiger partial charge in [0.15, 0.2) is 10.6 Å². The van der Waals surface area contributed by atoms with Gasteiger partial charge in [0.25, 0.3) is 5.56 Å². The number of aromatic amines is 1. The first-order chi connectivity index (χ1) is 9.40. The molecule has 3 aromatic heterocycles. The number of nitrogens with one attached hydrogen (secondary N) is 1. The van der Waals surface area contributed by atoms with E-state index in [1.54, 1.807) is 16.0 Å². The summed E-state index contributed by atoms with van der Waals surface area (Å²) < 4.78 is 3.57. The molecule has 0 spiro atoms. The molecule has 1 N–H and O–H groups in total. The van der Waals surface area contributed by atoms with Crippen LogP contribution in [0.25, 0.3) is 16.0 Å². The molecule has 0 saturated carbocycles. The first kappa shape index (κ1) is 13.3. The molecule has 0 aliphatic rings. The van der Waals surface area contributed by atoms with Crippen molar-refractivity contribution in [3.63, 3.8) is 0 Å². The Hall–Kier alpha value is -1.73. The smallest absolute Gasteiger partial charge is 0.269 e. The highest BCUT2D eigenvalue weighted by molar-refractivity contribution is 7.71. The minimum atomic E-state index is -0.108. The summed E-state index contributed by atoms with van der Waals surface area (Å²) in [4.78, 5) is 17.8. The summed E-state index contributed by atoms with van der Waals surface area (Å²) >= 11 is 6.88. The van der Waals surface area contributed by atoms with Gasteiger partial charge in [0, 0.05) is 23.7 Å². The Kier molecular flexibility index (Phi) is 2.91. The van der Waals surface area contributed by atoms with Gasteiger partial charge in [-0.05, 0) is 38.6 Å². The van der Waals surface area contributed by atoms with E-state index in [1.807, 2.05) is 33.9 Å². The second-order valence-corrected chi connectivity index (χ2v) is 6.44. The Bertz CT molecular complexity index is 922. The summed E-state index contributed by atoms with van der Waals surface area (Å²) in [5.41, 5.74) is 1.87. The third kappa shape index (κ3) is 1.77. The van der Waals surface area contributed by atoms with Crippen molar-refractivity contribution >= 4 is 33.8 Å². The van der Waals surface area contributed by atoms with Crippen molar-refractivity contribution in [3.8, 4) is 5.82 Å². The topological polar surface area (TPSA) is 55.6 Å². The lowest BCUT2D eigenvalue weighted by molar-refractivity contribution is 0.721. The molecule has 0 radical (unpaired) electrons. The van der Waals surface area contributed by atoms with E-state index in [-0.39, 0.29) is 5.56 Å². The Morgan fingerprint density at radius 2 is 2.05 bits per heavy atom. The van der Waals surface area contributed by atoms with Crippen molar-refractivity contribution in [1.82, 2.24) is 19.3 Å². The molecule has 0 unspecified atom stereocenters. The lowest BCUT2D eigenvalue weighted by Gasteiger charge is -2.02. The first-order valence-electron chi connectivity index (χ1n) is 6.16. The van der Waals surface area contributed by atoms with E-state index in [9.17, 15) is 4.79 Å². The molecule has 0 atom stereocenters. The van der Waals surface area contributed by atoms with Crippen LogP contribution >= 0.6 is 23.6 Å². The van der Waals surface area contributed by atoms with Gasteiger partial charge in [0.1, 0.15) is 4.83 Å².